The summed E-state index contributed by atoms with van der Waals surface area (Å²) in [5.74, 6) is 0.0779. The number of para-hydroxylation sites is 1. The van der Waals surface area contributed by atoms with Gasteiger partial charge in [-0.25, -0.2) is 9.18 Å². The van der Waals surface area contributed by atoms with Crippen LogP contribution in [0.3, 0.4) is 0 Å². The Morgan fingerprint density at radius 3 is 2.45 bits per heavy atom. The van der Waals surface area contributed by atoms with E-state index in [1.807, 2.05) is 30.3 Å². The molecule has 1 heterocycles. The molecule has 0 unspecified atom stereocenters. The van der Waals surface area contributed by atoms with Gasteiger partial charge in [-0.1, -0.05) is 54.6 Å². The number of halogens is 1. The van der Waals surface area contributed by atoms with Crippen LogP contribution in [0.2, 0.25) is 0 Å². The Labute approximate surface area is 168 Å². The molecule has 0 saturated carbocycles. The van der Waals surface area contributed by atoms with Gasteiger partial charge in [0.15, 0.2) is 5.54 Å². The zero-order valence-electron chi connectivity index (χ0n) is 15.7. The van der Waals surface area contributed by atoms with Crippen LogP contribution in [0.4, 0.5) is 9.18 Å². The van der Waals surface area contributed by atoms with Gasteiger partial charge in [-0.05, 0) is 47.4 Å². The molecule has 0 N–H and O–H groups in total. The number of carbonyl (C=O) groups excluding carboxylic acids is 1. The number of nitriles is 1. The van der Waals surface area contributed by atoms with Crippen LogP contribution in [0, 0.1) is 17.1 Å². The summed E-state index contributed by atoms with van der Waals surface area (Å²) < 4.78 is 18.9. The maximum atomic E-state index is 13.4. The molecule has 1 aliphatic heterocycles. The van der Waals surface area contributed by atoms with Crippen molar-refractivity contribution < 1.29 is 13.9 Å². The minimum Gasteiger partial charge on any atom is -0.410 e. The number of benzene rings is 3. The molecule has 3 aromatic carbocycles. The first-order valence-electron chi connectivity index (χ1n) is 9.41. The normalized spacial score (nSPS) is 17.9. The highest BCUT2D eigenvalue weighted by molar-refractivity contribution is 5.74. The third-order valence-corrected chi connectivity index (χ3v) is 5.26. The fourth-order valence-corrected chi connectivity index (χ4v) is 3.85. The summed E-state index contributed by atoms with van der Waals surface area (Å²) in [6.45, 7) is 0.359. The Bertz CT molecular complexity index is 1060. The van der Waals surface area contributed by atoms with Gasteiger partial charge in [0.1, 0.15) is 11.6 Å². The Morgan fingerprint density at radius 1 is 1.03 bits per heavy atom. The first kappa shape index (κ1) is 18.7. The monoisotopic (exact) mass is 386 g/mol. The van der Waals surface area contributed by atoms with Crippen LogP contribution in [0.25, 0.3) is 0 Å². The van der Waals surface area contributed by atoms with Crippen LogP contribution >= 0.6 is 0 Å². The number of ether oxygens (including phenoxy) is 1. The van der Waals surface area contributed by atoms with Crippen molar-refractivity contribution >= 4 is 6.09 Å². The zero-order valence-corrected chi connectivity index (χ0v) is 15.7. The predicted molar refractivity (Wildman–Crippen MR) is 107 cm³/mol. The molecule has 0 fully saturated rings. The summed E-state index contributed by atoms with van der Waals surface area (Å²) in [4.78, 5) is 14.6. The Hall–Kier alpha value is -3.65. The molecule has 0 aromatic heterocycles. The first-order chi connectivity index (χ1) is 14.1. The summed E-state index contributed by atoms with van der Waals surface area (Å²) in [6, 6.07) is 24.8. The van der Waals surface area contributed by atoms with E-state index >= 15 is 0 Å². The molecule has 0 bridgehead atoms. The van der Waals surface area contributed by atoms with Crippen LogP contribution in [0.1, 0.15) is 16.7 Å². The van der Waals surface area contributed by atoms with Crippen LogP contribution in [0.5, 0.6) is 5.75 Å². The van der Waals surface area contributed by atoms with Gasteiger partial charge in [0.05, 0.1) is 6.07 Å². The lowest BCUT2D eigenvalue weighted by atomic mass is 9.77. The van der Waals surface area contributed by atoms with Crippen LogP contribution in [-0.2, 0) is 18.4 Å². The van der Waals surface area contributed by atoms with Crippen LogP contribution < -0.4 is 4.74 Å². The quantitative estimate of drug-likeness (QED) is 0.647. The van der Waals surface area contributed by atoms with Crippen molar-refractivity contribution in [2.24, 2.45) is 0 Å². The van der Waals surface area contributed by atoms with Gasteiger partial charge in [0.25, 0.3) is 0 Å². The van der Waals surface area contributed by atoms with Crippen LogP contribution in [0.15, 0.2) is 78.9 Å². The molecule has 0 spiro atoms. The van der Waals surface area contributed by atoms with Crippen LogP contribution in [-0.4, -0.2) is 17.5 Å². The van der Waals surface area contributed by atoms with Gasteiger partial charge in [-0.2, -0.15) is 5.26 Å². The van der Waals surface area contributed by atoms with Crippen molar-refractivity contribution in [2.45, 2.75) is 18.4 Å². The molecule has 29 heavy (non-hydrogen) atoms. The van der Waals surface area contributed by atoms with E-state index in [1.54, 1.807) is 36.4 Å². The number of rotatable bonds is 3. The second-order valence-corrected chi connectivity index (χ2v) is 7.02. The lowest BCUT2D eigenvalue weighted by molar-refractivity contribution is 0.0993. The first-order valence-corrected chi connectivity index (χ1v) is 9.41. The SMILES string of the molecule is N#C[C@]1(Cc2ccc(F)cc2)c2ccccc2CCN1C(=O)Oc1ccccc1. The Kier molecular flexibility index (Phi) is 5.01. The smallest absolute Gasteiger partial charge is 0.410 e. The lowest BCUT2D eigenvalue weighted by Gasteiger charge is -2.43. The average Bonchev–Trinajstić information content (AvgIpc) is 2.76. The number of amides is 1. The molecule has 5 heteroatoms. The summed E-state index contributed by atoms with van der Waals surface area (Å²) in [5.41, 5.74) is 1.34. The molecular weight excluding hydrogens is 367 g/mol. The molecule has 1 aliphatic rings. The van der Waals surface area contributed by atoms with E-state index in [0.29, 0.717) is 18.7 Å². The minimum absolute atomic E-state index is 0.241. The minimum atomic E-state index is -1.24. The highest BCUT2D eigenvalue weighted by Crippen LogP contribution is 2.38. The summed E-state index contributed by atoms with van der Waals surface area (Å²) in [7, 11) is 0. The third-order valence-electron chi connectivity index (χ3n) is 5.26. The summed E-state index contributed by atoms with van der Waals surface area (Å²) >= 11 is 0. The average molecular weight is 386 g/mol. The van der Waals surface area contributed by atoms with Gasteiger partial charge in [-0.15, -0.1) is 0 Å². The Morgan fingerprint density at radius 2 is 1.72 bits per heavy atom. The standard InChI is InChI=1S/C24H19FN2O2/c25-20-12-10-18(11-13-20)16-24(17-26)22-9-5-4-6-19(22)14-15-27(24)23(28)29-21-7-2-1-3-8-21/h1-13H,14-16H2/t24-/m1/s1. The topological polar surface area (TPSA) is 53.3 Å². The van der Waals surface area contributed by atoms with E-state index in [1.165, 1.54) is 17.0 Å². The largest absolute Gasteiger partial charge is 0.416 e. The van der Waals surface area contributed by atoms with E-state index in [4.69, 9.17) is 4.74 Å². The van der Waals surface area contributed by atoms with Gasteiger partial charge in [-0.3, -0.25) is 4.90 Å². The van der Waals surface area contributed by atoms with E-state index in [0.717, 1.165) is 16.7 Å². The molecule has 0 saturated heterocycles. The van der Waals surface area contributed by atoms with Crippen molar-refractivity contribution in [2.75, 3.05) is 6.54 Å². The molecule has 1 amide bonds. The molecule has 4 rings (SSSR count). The molecular formula is C24H19FN2O2. The van der Waals surface area contributed by atoms with Gasteiger partial charge in [0.2, 0.25) is 0 Å². The number of nitrogens with zero attached hydrogens (tertiary/aromatic N) is 2. The molecule has 0 aliphatic carbocycles. The predicted octanol–water partition coefficient (Wildman–Crippen LogP) is 4.84. The number of carbonyl (C=O) groups is 1. The number of hydrogen-bond acceptors (Lipinski definition) is 3. The van der Waals surface area contributed by atoms with Gasteiger partial charge >= 0.3 is 6.09 Å². The fraction of sp³-hybridized carbons (Fsp3) is 0.167. The van der Waals surface area contributed by atoms with Crippen molar-refractivity contribution in [1.82, 2.24) is 4.90 Å². The summed E-state index contributed by atoms with van der Waals surface area (Å²) in [5, 5.41) is 10.3. The Balaban J connectivity index is 1.76. The van der Waals surface area contributed by atoms with E-state index in [9.17, 15) is 14.4 Å². The summed E-state index contributed by atoms with van der Waals surface area (Å²) in [6.07, 6.45) is 0.298. The van der Waals surface area contributed by atoms with Gasteiger partial charge < -0.3 is 4.74 Å². The van der Waals surface area contributed by atoms with Crippen molar-refractivity contribution in [3.05, 3.63) is 101 Å². The number of hydrogen-bond donors (Lipinski definition) is 0. The second kappa shape index (κ2) is 7.76. The molecule has 1 atom stereocenters. The fourth-order valence-electron chi connectivity index (χ4n) is 3.85. The lowest BCUT2D eigenvalue weighted by Crippen LogP contribution is -2.54. The molecule has 144 valence electrons. The molecule has 4 nitrogen and oxygen atoms in total. The van der Waals surface area contributed by atoms with Crippen molar-refractivity contribution in [3.8, 4) is 11.8 Å². The van der Waals surface area contributed by atoms with Gasteiger partial charge in [0, 0.05) is 13.0 Å². The highest BCUT2D eigenvalue weighted by atomic mass is 19.1. The van der Waals surface area contributed by atoms with Crippen molar-refractivity contribution in [3.63, 3.8) is 0 Å². The maximum Gasteiger partial charge on any atom is 0.416 e. The second-order valence-electron chi connectivity index (χ2n) is 7.02. The zero-order chi connectivity index (χ0) is 20.3. The van der Waals surface area contributed by atoms with Crippen molar-refractivity contribution in [1.29, 1.82) is 5.26 Å². The maximum absolute atomic E-state index is 13.4. The van der Waals surface area contributed by atoms with E-state index < -0.39 is 11.6 Å². The molecule has 3 aromatic rings. The van der Waals surface area contributed by atoms with E-state index in [2.05, 4.69) is 6.07 Å². The van der Waals surface area contributed by atoms with E-state index in [-0.39, 0.29) is 12.2 Å². The highest BCUT2D eigenvalue weighted by Gasteiger charge is 2.46. The molecule has 0 radical (unpaired) electrons. The third kappa shape index (κ3) is 3.57. The number of fused-ring (bicyclic) bond motifs is 1.